The highest BCUT2D eigenvalue weighted by molar-refractivity contribution is 5.81. The topological polar surface area (TPSA) is 159 Å². The summed E-state index contributed by atoms with van der Waals surface area (Å²) < 4.78 is 31.9. The zero-order valence-corrected chi connectivity index (χ0v) is 19.7. The highest BCUT2D eigenvalue weighted by Crippen LogP contribution is 2.44. The summed E-state index contributed by atoms with van der Waals surface area (Å²) in [5.74, 6) is -0.588. The highest BCUT2D eigenvalue weighted by atomic mass is 16.8. The first-order valence-corrected chi connectivity index (χ1v) is 11.4. The molecule has 2 saturated heterocycles. The number of hydrogen-bond donors (Lipinski definition) is 2. The first-order valence-electron chi connectivity index (χ1n) is 11.4. The fraction of sp³-hybridized carbons (Fsp3) is 0.478. The number of aromatic nitrogens is 4. The highest BCUT2D eigenvalue weighted by Gasteiger charge is 2.58. The van der Waals surface area contributed by atoms with Crippen molar-refractivity contribution in [1.29, 1.82) is 0 Å². The second-order valence-corrected chi connectivity index (χ2v) is 8.85. The third-order valence-electron chi connectivity index (χ3n) is 6.01. The first-order chi connectivity index (χ1) is 16.8. The zero-order chi connectivity index (χ0) is 24.7. The maximum atomic E-state index is 12.7. The average Bonchev–Trinajstić information content (AvgIpc) is 3.45. The van der Waals surface area contributed by atoms with Crippen LogP contribution in [0.25, 0.3) is 11.2 Å². The molecule has 12 heteroatoms. The van der Waals surface area contributed by atoms with Gasteiger partial charge >= 0.3 is 5.97 Å². The SMILES string of the molecule is CCOC(=O)C[C@@H]([C@H]1O[C@@H]2OC(C)(C)O[C@@H]2[C@H]1Oc1ccccc1N)n1cnc2c(N)ncnc21. The van der Waals surface area contributed by atoms with E-state index in [1.807, 2.05) is 12.1 Å². The van der Waals surface area contributed by atoms with Crippen LogP contribution in [0.2, 0.25) is 0 Å². The molecule has 186 valence electrons. The van der Waals surface area contributed by atoms with Gasteiger partial charge in [-0.05, 0) is 32.9 Å². The molecule has 0 saturated carbocycles. The van der Waals surface area contributed by atoms with Crippen LogP contribution in [-0.2, 0) is 23.7 Å². The van der Waals surface area contributed by atoms with Crippen LogP contribution in [0.1, 0.15) is 33.2 Å². The smallest absolute Gasteiger partial charge is 0.307 e. The Labute approximate surface area is 201 Å². The summed E-state index contributed by atoms with van der Waals surface area (Å²) in [6.07, 6.45) is 0.172. The van der Waals surface area contributed by atoms with Crippen molar-refractivity contribution in [3.63, 3.8) is 0 Å². The van der Waals surface area contributed by atoms with E-state index in [9.17, 15) is 4.79 Å². The van der Waals surface area contributed by atoms with E-state index in [4.69, 9.17) is 35.2 Å². The van der Waals surface area contributed by atoms with Crippen molar-refractivity contribution in [2.24, 2.45) is 0 Å². The van der Waals surface area contributed by atoms with Crippen LogP contribution in [0, 0.1) is 0 Å². The molecule has 2 aliphatic rings. The minimum absolute atomic E-state index is 0.0408. The van der Waals surface area contributed by atoms with Gasteiger partial charge in [0.15, 0.2) is 35.8 Å². The summed E-state index contributed by atoms with van der Waals surface area (Å²) in [7, 11) is 0. The normalized spacial score (nSPS) is 25.9. The van der Waals surface area contributed by atoms with Crippen LogP contribution >= 0.6 is 0 Å². The van der Waals surface area contributed by atoms with E-state index in [1.54, 1.807) is 43.8 Å². The molecule has 2 fully saturated rings. The molecule has 0 radical (unpaired) electrons. The van der Waals surface area contributed by atoms with E-state index in [0.717, 1.165) is 0 Å². The van der Waals surface area contributed by atoms with Crippen molar-refractivity contribution in [3.8, 4) is 5.75 Å². The number of esters is 1. The van der Waals surface area contributed by atoms with Gasteiger partial charge in [0.2, 0.25) is 0 Å². The molecule has 5 rings (SSSR count). The summed E-state index contributed by atoms with van der Waals surface area (Å²) >= 11 is 0. The molecular weight excluding hydrogens is 456 g/mol. The van der Waals surface area contributed by atoms with E-state index in [2.05, 4.69) is 15.0 Å². The molecule has 0 spiro atoms. The number of anilines is 2. The van der Waals surface area contributed by atoms with Crippen LogP contribution < -0.4 is 16.2 Å². The van der Waals surface area contributed by atoms with Gasteiger partial charge in [-0.2, -0.15) is 0 Å². The standard InChI is InChI=1S/C23H28N6O6/c1-4-31-15(30)9-13(29-11-28-16-20(25)26-10-27-21(16)29)17-18(32-14-8-6-5-7-12(14)24)19-22(33-17)35-23(2,3)34-19/h5-8,10-11,13,17-19,22H,4,9,24H2,1-3H3,(H2,25,26,27)/t13-,17+,18-,19+,22+/m0/s1. The molecule has 2 aromatic heterocycles. The molecule has 0 amide bonds. The predicted molar refractivity (Wildman–Crippen MR) is 124 cm³/mol. The molecule has 4 N–H and O–H groups in total. The molecule has 0 aliphatic carbocycles. The lowest BCUT2D eigenvalue weighted by Gasteiger charge is -2.32. The Kier molecular flexibility index (Phi) is 5.95. The van der Waals surface area contributed by atoms with Crippen molar-refractivity contribution >= 4 is 28.6 Å². The van der Waals surface area contributed by atoms with Crippen molar-refractivity contribution < 1.29 is 28.5 Å². The molecular formula is C23H28N6O6. The fourth-order valence-corrected chi connectivity index (χ4v) is 4.56. The number of nitrogens with two attached hydrogens (primary N) is 2. The zero-order valence-electron chi connectivity index (χ0n) is 19.7. The van der Waals surface area contributed by atoms with E-state index in [-0.39, 0.29) is 18.8 Å². The molecule has 1 aromatic carbocycles. The molecule has 2 aliphatic heterocycles. The lowest BCUT2D eigenvalue weighted by atomic mass is 10.00. The van der Waals surface area contributed by atoms with Gasteiger partial charge in [0.25, 0.3) is 0 Å². The number of carbonyl (C=O) groups excluding carboxylic acids is 1. The molecule has 12 nitrogen and oxygen atoms in total. The van der Waals surface area contributed by atoms with Crippen molar-refractivity contribution in [1.82, 2.24) is 19.5 Å². The van der Waals surface area contributed by atoms with Crippen molar-refractivity contribution in [2.45, 2.75) is 63.6 Å². The van der Waals surface area contributed by atoms with Crippen LogP contribution in [0.3, 0.4) is 0 Å². The van der Waals surface area contributed by atoms with Gasteiger partial charge in [0.05, 0.1) is 31.1 Å². The number of carbonyl (C=O) groups is 1. The maximum Gasteiger partial charge on any atom is 0.307 e. The third kappa shape index (κ3) is 4.35. The molecule has 4 heterocycles. The second kappa shape index (κ2) is 8.95. The number of imidazole rings is 1. The Morgan fingerprint density at radius 1 is 1.20 bits per heavy atom. The minimum Gasteiger partial charge on any atom is -0.483 e. The summed E-state index contributed by atoms with van der Waals surface area (Å²) in [5, 5.41) is 0. The predicted octanol–water partition coefficient (Wildman–Crippen LogP) is 1.81. The van der Waals surface area contributed by atoms with E-state index >= 15 is 0 Å². The number of fused-ring (bicyclic) bond motifs is 2. The Hall–Kier alpha value is -3.48. The monoisotopic (exact) mass is 484 g/mol. The van der Waals surface area contributed by atoms with Crippen LogP contribution in [0.4, 0.5) is 11.5 Å². The van der Waals surface area contributed by atoms with Crippen LogP contribution in [0.5, 0.6) is 5.75 Å². The summed E-state index contributed by atoms with van der Waals surface area (Å²) in [6, 6.07) is 6.51. The quantitative estimate of drug-likeness (QED) is 0.372. The number of rotatable bonds is 7. The Morgan fingerprint density at radius 2 is 2.00 bits per heavy atom. The van der Waals surface area contributed by atoms with E-state index in [0.29, 0.717) is 22.6 Å². The van der Waals surface area contributed by atoms with Gasteiger partial charge in [0.1, 0.15) is 23.7 Å². The molecule has 35 heavy (non-hydrogen) atoms. The van der Waals surface area contributed by atoms with Gasteiger partial charge in [-0.1, -0.05) is 12.1 Å². The van der Waals surface area contributed by atoms with E-state index < -0.39 is 42.4 Å². The third-order valence-corrected chi connectivity index (χ3v) is 6.01. The Bertz CT molecular complexity index is 1230. The second-order valence-electron chi connectivity index (χ2n) is 8.85. The van der Waals surface area contributed by atoms with Crippen LogP contribution in [0.15, 0.2) is 36.9 Å². The van der Waals surface area contributed by atoms with Gasteiger partial charge in [-0.3, -0.25) is 4.79 Å². The molecule has 5 atom stereocenters. The summed E-state index contributed by atoms with van der Waals surface area (Å²) in [5.41, 5.74) is 13.5. The number of hydrogen-bond acceptors (Lipinski definition) is 11. The van der Waals surface area contributed by atoms with Gasteiger partial charge in [-0.15, -0.1) is 0 Å². The van der Waals surface area contributed by atoms with Crippen molar-refractivity contribution in [3.05, 3.63) is 36.9 Å². The maximum absolute atomic E-state index is 12.7. The van der Waals surface area contributed by atoms with Crippen LogP contribution in [-0.4, -0.2) is 62.5 Å². The molecule has 0 unspecified atom stereocenters. The summed E-state index contributed by atoms with van der Waals surface area (Å²) in [4.78, 5) is 25.4. The summed E-state index contributed by atoms with van der Waals surface area (Å²) in [6.45, 7) is 5.59. The number of nitrogen functional groups attached to an aromatic ring is 2. The largest absolute Gasteiger partial charge is 0.483 e. The number of nitrogens with zero attached hydrogens (tertiary/aromatic N) is 4. The first kappa shape index (κ1) is 23.3. The Balaban J connectivity index is 1.57. The fourth-order valence-electron chi connectivity index (χ4n) is 4.56. The minimum atomic E-state index is -0.871. The van der Waals surface area contributed by atoms with Gasteiger partial charge in [0, 0.05) is 0 Å². The lowest BCUT2D eigenvalue weighted by Crippen LogP contribution is -2.43. The number of benzene rings is 1. The van der Waals surface area contributed by atoms with Gasteiger partial charge < -0.3 is 39.7 Å². The lowest BCUT2D eigenvalue weighted by molar-refractivity contribution is -0.218. The van der Waals surface area contributed by atoms with Crippen molar-refractivity contribution in [2.75, 3.05) is 18.1 Å². The van der Waals surface area contributed by atoms with Gasteiger partial charge in [-0.25, -0.2) is 15.0 Å². The molecule has 3 aromatic rings. The van der Waals surface area contributed by atoms with E-state index in [1.165, 1.54) is 6.33 Å². The Morgan fingerprint density at radius 3 is 2.77 bits per heavy atom. The molecule has 0 bridgehead atoms. The number of para-hydroxylation sites is 2. The average molecular weight is 485 g/mol. The number of ether oxygens (including phenoxy) is 5.